The maximum absolute atomic E-state index is 13.9. The Morgan fingerprint density at radius 3 is 2.43 bits per heavy atom. The van der Waals surface area contributed by atoms with Crippen molar-refractivity contribution in [1.82, 2.24) is 9.62 Å². The van der Waals surface area contributed by atoms with Gasteiger partial charge in [0.2, 0.25) is 10.0 Å². The van der Waals surface area contributed by atoms with Crippen molar-refractivity contribution in [2.24, 2.45) is 0 Å². The molecule has 5 nitrogen and oxygen atoms in total. The van der Waals surface area contributed by atoms with E-state index in [0.717, 1.165) is 25.2 Å². The second-order valence-electron chi connectivity index (χ2n) is 5.15. The number of nitrogens with two attached hydrogens (primary N) is 1. The van der Waals surface area contributed by atoms with Crippen LogP contribution in [0.5, 0.6) is 0 Å². The van der Waals surface area contributed by atoms with E-state index >= 15 is 0 Å². The van der Waals surface area contributed by atoms with Crippen LogP contribution >= 0.6 is 0 Å². The first-order chi connectivity index (χ1) is 9.71. The fraction of sp³-hybridized carbons (Fsp3) is 0.571. The van der Waals surface area contributed by atoms with Crippen molar-refractivity contribution in [3.8, 4) is 0 Å². The highest BCUT2D eigenvalue weighted by Crippen LogP contribution is 2.21. The molecule has 0 aliphatic rings. The Hall–Kier alpha value is -1.18. The number of halogens is 1. The van der Waals surface area contributed by atoms with Gasteiger partial charge in [-0.1, -0.05) is 13.8 Å². The molecular formula is C14H24FN3O2S. The number of benzene rings is 1. The largest absolute Gasteiger partial charge is 0.398 e. The molecule has 0 aromatic heterocycles. The minimum Gasteiger partial charge on any atom is -0.398 e. The summed E-state index contributed by atoms with van der Waals surface area (Å²) in [6, 6.07) is 1.98. The van der Waals surface area contributed by atoms with Gasteiger partial charge in [0.05, 0.1) is 0 Å². The lowest BCUT2D eigenvalue weighted by molar-refractivity contribution is 0.282. The lowest BCUT2D eigenvalue weighted by atomic mass is 10.2. The molecule has 0 aliphatic carbocycles. The van der Waals surface area contributed by atoms with Crippen molar-refractivity contribution in [3.05, 3.63) is 23.5 Å². The standard InChI is InChI=1S/C14H24FN3O2S/c1-5-18(6-2)9-11(4)17-21(19,20)14-8-13(16)10(3)7-12(14)15/h7-8,11,17H,5-6,9,16H2,1-4H3. The van der Waals surface area contributed by atoms with Crippen LogP contribution in [0.15, 0.2) is 17.0 Å². The van der Waals surface area contributed by atoms with Crippen LogP contribution in [0.3, 0.4) is 0 Å². The molecule has 1 aromatic carbocycles. The summed E-state index contributed by atoms with van der Waals surface area (Å²) < 4.78 is 40.9. The maximum Gasteiger partial charge on any atom is 0.243 e. The molecule has 21 heavy (non-hydrogen) atoms. The van der Waals surface area contributed by atoms with Gasteiger partial charge in [-0.3, -0.25) is 0 Å². The second kappa shape index (κ2) is 7.20. The Balaban J connectivity index is 2.94. The van der Waals surface area contributed by atoms with Gasteiger partial charge in [0.25, 0.3) is 0 Å². The molecule has 1 aromatic rings. The third kappa shape index (κ3) is 4.66. The van der Waals surface area contributed by atoms with Gasteiger partial charge in [0, 0.05) is 18.3 Å². The molecule has 0 saturated carbocycles. The molecule has 1 atom stereocenters. The van der Waals surface area contributed by atoms with Crippen LogP contribution in [0.1, 0.15) is 26.3 Å². The van der Waals surface area contributed by atoms with E-state index < -0.39 is 20.7 Å². The summed E-state index contributed by atoms with van der Waals surface area (Å²) in [7, 11) is -3.92. The average molecular weight is 317 g/mol. The van der Waals surface area contributed by atoms with Gasteiger partial charge >= 0.3 is 0 Å². The number of hydrogen-bond donors (Lipinski definition) is 2. The van der Waals surface area contributed by atoms with Crippen molar-refractivity contribution >= 4 is 15.7 Å². The second-order valence-corrected chi connectivity index (χ2v) is 6.83. The van der Waals surface area contributed by atoms with Gasteiger partial charge < -0.3 is 10.6 Å². The van der Waals surface area contributed by atoms with Gasteiger partial charge in [-0.25, -0.2) is 17.5 Å². The van der Waals surface area contributed by atoms with Crippen molar-refractivity contribution in [3.63, 3.8) is 0 Å². The summed E-state index contributed by atoms with van der Waals surface area (Å²) in [4.78, 5) is 1.68. The van der Waals surface area contributed by atoms with Gasteiger partial charge in [-0.15, -0.1) is 0 Å². The lowest BCUT2D eigenvalue weighted by Crippen LogP contribution is -2.42. The highest BCUT2D eigenvalue weighted by molar-refractivity contribution is 7.89. The first kappa shape index (κ1) is 17.9. The minimum absolute atomic E-state index is 0.258. The van der Waals surface area contributed by atoms with Crippen LogP contribution in [-0.2, 0) is 10.0 Å². The number of nitrogens with zero attached hydrogens (tertiary/aromatic N) is 1. The van der Waals surface area contributed by atoms with Crippen LogP contribution < -0.4 is 10.5 Å². The number of hydrogen-bond acceptors (Lipinski definition) is 4. The molecule has 0 spiro atoms. The van der Waals surface area contributed by atoms with Crippen LogP contribution in [-0.4, -0.2) is 39.0 Å². The highest BCUT2D eigenvalue weighted by Gasteiger charge is 2.23. The topological polar surface area (TPSA) is 75.4 Å². The van der Waals surface area contributed by atoms with Gasteiger partial charge in [0.15, 0.2) is 0 Å². The molecule has 0 radical (unpaired) electrons. The molecule has 3 N–H and O–H groups in total. The summed E-state index contributed by atoms with van der Waals surface area (Å²) in [6.07, 6.45) is 0. The molecule has 7 heteroatoms. The van der Waals surface area contributed by atoms with Crippen molar-refractivity contribution in [2.75, 3.05) is 25.4 Å². The number of nitrogen functional groups attached to an aromatic ring is 1. The molecule has 1 unspecified atom stereocenters. The molecule has 0 bridgehead atoms. The Kier molecular flexibility index (Phi) is 6.12. The highest BCUT2D eigenvalue weighted by atomic mass is 32.2. The zero-order chi connectivity index (χ0) is 16.2. The van der Waals surface area contributed by atoms with E-state index in [1.807, 2.05) is 13.8 Å². The van der Waals surface area contributed by atoms with Gasteiger partial charge in [-0.2, -0.15) is 0 Å². The number of rotatable bonds is 7. The zero-order valence-corrected chi connectivity index (χ0v) is 13.8. The fourth-order valence-electron chi connectivity index (χ4n) is 2.11. The molecule has 0 saturated heterocycles. The summed E-state index contributed by atoms with van der Waals surface area (Å²) in [5.74, 6) is -0.788. The third-order valence-electron chi connectivity index (χ3n) is 3.39. The molecule has 0 heterocycles. The van der Waals surface area contributed by atoms with E-state index in [2.05, 4.69) is 9.62 Å². The number of likely N-dealkylation sites (N-methyl/N-ethyl adjacent to an activating group) is 1. The van der Waals surface area contributed by atoms with Crippen LogP contribution in [0.2, 0.25) is 0 Å². The number of aryl methyl sites for hydroxylation is 1. The van der Waals surface area contributed by atoms with Crippen LogP contribution in [0, 0.1) is 12.7 Å². The Morgan fingerprint density at radius 2 is 1.90 bits per heavy atom. The molecule has 0 fully saturated rings. The molecule has 1 rings (SSSR count). The van der Waals surface area contributed by atoms with E-state index in [1.165, 1.54) is 0 Å². The number of sulfonamides is 1. The zero-order valence-electron chi connectivity index (χ0n) is 13.0. The van der Waals surface area contributed by atoms with Crippen LogP contribution in [0.4, 0.5) is 10.1 Å². The normalized spacial score (nSPS) is 13.6. The number of anilines is 1. The Morgan fingerprint density at radius 1 is 1.33 bits per heavy atom. The Bertz CT molecular complexity index is 586. The summed E-state index contributed by atoms with van der Waals surface area (Å²) in [6.45, 7) is 9.62. The Labute approximate surface area is 126 Å². The summed E-state index contributed by atoms with van der Waals surface area (Å²) in [5, 5.41) is 0. The van der Waals surface area contributed by atoms with Crippen molar-refractivity contribution in [2.45, 2.75) is 38.6 Å². The molecular weight excluding hydrogens is 293 g/mol. The molecule has 120 valence electrons. The van der Waals surface area contributed by atoms with Gasteiger partial charge in [0.1, 0.15) is 10.7 Å². The van der Waals surface area contributed by atoms with E-state index in [0.29, 0.717) is 12.1 Å². The molecule has 0 amide bonds. The van der Waals surface area contributed by atoms with Crippen molar-refractivity contribution < 1.29 is 12.8 Å². The summed E-state index contributed by atoms with van der Waals surface area (Å²) in [5.41, 5.74) is 6.45. The predicted octanol–water partition coefficient (Wildman–Crippen LogP) is 1.72. The van der Waals surface area contributed by atoms with Crippen molar-refractivity contribution in [1.29, 1.82) is 0 Å². The third-order valence-corrected chi connectivity index (χ3v) is 5.00. The first-order valence-corrected chi connectivity index (χ1v) is 8.49. The van der Waals surface area contributed by atoms with E-state index in [4.69, 9.17) is 5.73 Å². The van der Waals surface area contributed by atoms with Gasteiger partial charge in [-0.05, 0) is 44.6 Å². The smallest absolute Gasteiger partial charge is 0.243 e. The quantitative estimate of drug-likeness (QED) is 0.751. The van der Waals surface area contributed by atoms with E-state index in [1.54, 1.807) is 13.8 Å². The SMILES string of the molecule is CCN(CC)CC(C)NS(=O)(=O)c1cc(N)c(C)cc1F. The van der Waals surface area contributed by atoms with E-state index in [9.17, 15) is 12.8 Å². The predicted molar refractivity (Wildman–Crippen MR) is 83.1 cm³/mol. The summed E-state index contributed by atoms with van der Waals surface area (Å²) >= 11 is 0. The van der Waals surface area contributed by atoms with E-state index in [-0.39, 0.29) is 11.7 Å². The number of nitrogens with one attached hydrogen (secondary N) is 1. The van der Waals surface area contributed by atoms with Crippen LogP contribution in [0.25, 0.3) is 0 Å². The minimum atomic E-state index is -3.92. The first-order valence-electron chi connectivity index (χ1n) is 7.01. The monoisotopic (exact) mass is 317 g/mol. The molecule has 0 aliphatic heterocycles. The fourth-order valence-corrected chi connectivity index (χ4v) is 3.44. The average Bonchev–Trinajstić information content (AvgIpc) is 2.39. The maximum atomic E-state index is 13.9. The lowest BCUT2D eigenvalue weighted by Gasteiger charge is -2.23.